The molecule has 1 saturated heterocycles. The number of halogens is 1. The summed E-state index contributed by atoms with van der Waals surface area (Å²) in [5.74, 6) is 1.12. The van der Waals surface area contributed by atoms with Crippen molar-refractivity contribution >= 4 is 11.6 Å². The third-order valence-corrected chi connectivity index (χ3v) is 2.94. The standard InChI is InChI=1S/C12H13ClN2O/c13-11-2-1-10(6-14)12(5-11)16-8-9-3-4-15-7-9/h1-2,5,9,15H,3-4,7-8H2. The van der Waals surface area contributed by atoms with Crippen molar-refractivity contribution in [2.24, 2.45) is 5.92 Å². The van der Waals surface area contributed by atoms with Crippen molar-refractivity contribution in [3.8, 4) is 11.8 Å². The normalized spacial score (nSPS) is 19.4. The first-order valence-corrected chi connectivity index (χ1v) is 5.70. The molecule has 1 aliphatic heterocycles. The Morgan fingerprint density at radius 2 is 2.44 bits per heavy atom. The van der Waals surface area contributed by atoms with E-state index in [-0.39, 0.29) is 0 Å². The molecule has 4 heteroatoms. The second kappa shape index (κ2) is 5.20. The van der Waals surface area contributed by atoms with Crippen molar-refractivity contribution < 1.29 is 4.74 Å². The van der Waals surface area contributed by atoms with Gasteiger partial charge in [0.25, 0.3) is 0 Å². The molecule has 0 bridgehead atoms. The lowest BCUT2D eigenvalue weighted by molar-refractivity contribution is 0.259. The van der Waals surface area contributed by atoms with Crippen molar-refractivity contribution in [1.29, 1.82) is 5.26 Å². The number of benzene rings is 1. The summed E-state index contributed by atoms with van der Waals surface area (Å²) in [6, 6.07) is 7.18. The van der Waals surface area contributed by atoms with E-state index in [0.29, 0.717) is 28.9 Å². The van der Waals surface area contributed by atoms with Gasteiger partial charge in [0.15, 0.2) is 0 Å². The van der Waals surface area contributed by atoms with Gasteiger partial charge in [0, 0.05) is 23.6 Å². The predicted octanol–water partition coefficient (Wildman–Crippen LogP) is 2.20. The van der Waals surface area contributed by atoms with Crippen LogP contribution >= 0.6 is 11.6 Å². The first-order valence-electron chi connectivity index (χ1n) is 5.33. The van der Waals surface area contributed by atoms with Crippen LogP contribution in [-0.4, -0.2) is 19.7 Å². The van der Waals surface area contributed by atoms with E-state index in [1.165, 1.54) is 0 Å². The molecule has 1 aliphatic rings. The predicted molar refractivity (Wildman–Crippen MR) is 62.6 cm³/mol. The van der Waals surface area contributed by atoms with Crippen LogP contribution in [0.2, 0.25) is 5.02 Å². The molecule has 3 nitrogen and oxygen atoms in total. The second-order valence-electron chi connectivity index (χ2n) is 3.92. The molecule has 0 amide bonds. The highest BCUT2D eigenvalue weighted by molar-refractivity contribution is 6.30. The molecule has 0 aromatic heterocycles. The summed E-state index contributed by atoms with van der Waals surface area (Å²) >= 11 is 5.87. The van der Waals surface area contributed by atoms with Crippen LogP contribution in [0.5, 0.6) is 5.75 Å². The molecule has 1 fully saturated rings. The van der Waals surface area contributed by atoms with E-state index >= 15 is 0 Å². The first-order chi connectivity index (χ1) is 7.79. The van der Waals surface area contributed by atoms with Gasteiger partial charge in [0.2, 0.25) is 0 Å². The maximum absolute atomic E-state index is 8.92. The van der Waals surface area contributed by atoms with Gasteiger partial charge >= 0.3 is 0 Å². The van der Waals surface area contributed by atoms with Crippen molar-refractivity contribution in [3.63, 3.8) is 0 Å². The Balaban J connectivity index is 2.02. The zero-order chi connectivity index (χ0) is 11.4. The minimum absolute atomic E-state index is 0.533. The number of nitrogens with one attached hydrogen (secondary N) is 1. The van der Waals surface area contributed by atoms with Gasteiger partial charge in [-0.2, -0.15) is 5.26 Å². The van der Waals surface area contributed by atoms with Crippen LogP contribution in [0.4, 0.5) is 0 Å². The molecule has 0 aliphatic carbocycles. The number of rotatable bonds is 3. The lowest BCUT2D eigenvalue weighted by Gasteiger charge is -2.12. The minimum atomic E-state index is 0.533. The minimum Gasteiger partial charge on any atom is -0.492 e. The lowest BCUT2D eigenvalue weighted by atomic mass is 10.1. The maximum Gasteiger partial charge on any atom is 0.138 e. The van der Waals surface area contributed by atoms with E-state index in [4.69, 9.17) is 21.6 Å². The topological polar surface area (TPSA) is 45.0 Å². The highest BCUT2D eigenvalue weighted by atomic mass is 35.5. The first kappa shape index (κ1) is 11.3. The van der Waals surface area contributed by atoms with Crippen LogP contribution in [-0.2, 0) is 0 Å². The fourth-order valence-corrected chi connectivity index (χ4v) is 1.93. The van der Waals surface area contributed by atoms with E-state index in [9.17, 15) is 0 Å². The number of hydrogen-bond acceptors (Lipinski definition) is 3. The fourth-order valence-electron chi connectivity index (χ4n) is 1.77. The van der Waals surface area contributed by atoms with Gasteiger partial charge in [0.1, 0.15) is 11.8 Å². The zero-order valence-corrected chi connectivity index (χ0v) is 9.63. The quantitative estimate of drug-likeness (QED) is 0.875. The number of hydrogen-bond donors (Lipinski definition) is 1. The number of ether oxygens (including phenoxy) is 1. The molecule has 0 saturated carbocycles. The Hall–Kier alpha value is -1.24. The molecule has 84 valence electrons. The Morgan fingerprint density at radius 3 is 3.12 bits per heavy atom. The van der Waals surface area contributed by atoms with E-state index in [1.54, 1.807) is 18.2 Å². The lowest BCUT2D eigenvalue weighted by Crippen LogP contribution is -2.15. The summed E-state index contributed by atoms with van der Waals surface area (Å²) in [6.45, 7) is 2.68. The SMILES string of the molecule is N#Cc1ccc(Cl)cc1OCC1CCNC1. The summed E-state index contributed by atoms with van der Waals surface area (Å²) < 4.78 is 5.65. The summed E-state index contributed by atoms with van der Waals surface area (Å²) in [5, 5.41) is 12.8. The molecule has 2 rings (SSSR count). The average molecular weight is 237 g/mol. The number of nitriles is 1. The smallest absolute Gasteiger partial charge is 0.138 e. The molecular weight excluding hydrogens is 224 g/mol. The van der Waals surface area contributed by atoms with E-state index < -0.39 is 0 Å². The molecule has 0 spiro atoms. The Labute approximate surface area is 100.0 Å². The van der Waals surface area contributed by atoms with Crippen molar-refractivity contribution in [1.82, 2.24) is 5.32 Å². The molecule has 1 unspecified atom stereocenters. The average Bonchev–Trinajstić information content (AvgIpc) is 2.79. The summed E-state index contributed by atoms with van der Waals surface area (Å²) in [5.41, 5.74) is 0.537. The van der Waals surface area contributed by atoms with Crippen LogP contribution in [0.15, 0.2) is 18.2 Å². The zero-order valence-electron chi connectivity index (χ0n) is 8.87. The second-order valence-corrected chi connectivity index (χ2v) is 4.36. The van der Waals surface area contributed by atoms with Gasteiger partial charge in [-0.25, -0.2) is 0 Å². The van der Waals surface area contributed by atoms with Gasteiger partial charge in [-0.1, -0.05) is 11.6 Å². The van der Waals surface area contributed by atoms with Gasteiger partial charge in [-0.05, 0) is 25.1 Å². The maximum atomic E-state index is 8.92. The summed E-state index contributed by atoms with van der Waals surface area (Å²) in [7, 11) is 0. The van der Waals surface area contributed by atoms with Crippen molar-refractivity contribution in [2.45, 2.75) is 6.42 Å². The highest BCUT2D eigenvalue weighted by Crippen LogP contribution is 2.23. The Bertz CT molecular complexity index is 408. The molecule has 16 heavy (non-hydrogen) atoms. The van der Waals surface area contributed by atoms with Crippen molar-refractivity contribution in [3.05, 3.63) is 28.8 Å². The molecular formula is C12H13ClN2O. The highest BCUT2D eigenvalue weighted by Gasteiger charge is 2.15. The van der Waals surface area contributed by atoms with Gasteiger partial charge < -0.3 is 10.1 Å². The summed E-state index contributed by atoms with van der Waals surface area (Å²) in [4.78, 5) is 0. The van der Waals surface area contributed by atoms with Crippen LogP contribution in [0.1, 0.15) is 12.0 Å². The molecule has 1 N–H and O–H groups in total. The molecule has 1 aromatic carbocycles. The van der Waals surface area contributed by atoms with Gasteiger partial charge in [-0.3, -0.25) is 0 Å². The fraction of sp³-hybridized carbons (Fsp3) is 0.417. The van der Waals surface area contributed by atoms with Crippen LogP contribution in [0.25, 0.3) is 0 Å². The van der Waals surface area contributed by atoms with Crippen LogP contribution in [0.3, 0.4) is 0 Å². The van der Waals surface area contributed by atoms with E-state index in [0.717, 1.165) is 19.5 Å². The van der Waals surface area contributed by atoms with Gasteiger partial charge in [-0.15, -0.1) is 0 Å². The third kappa shape index (κ3) is 2.66. The van der Waals surface area contributed by atoms with Crippen LogP contribution < -0.4 is 10.1 Å². The van der Waals surface area contributed by atoms with Crippen LogP contribution in [0, 0.1) is 17.2 Å². The monoisotopic (exact) mass is 236 g/mol. The number of nitrogens with zero attached hydrogens (tertiary/aromatic N) is 1. The molecule has 1 atom stereocenters. The third-order valence-electron chi connectivity index (χ3n) is 2.70. The van der Waals surface area contributed by atoms with Crippen molar-refractivity contribution in [2.75, 3.05) is 19.7 Å². The molecule has 1 aromatic rings. The Morgan fingerprint density at radius 1 is 1.56 bits per heavy atom. The molecule has 0 radical (unpaired) electrons. The van der Waals surface area contributed by atoms with E-state index in [1.807, 2.05) is 0 Å². The molecule has 1 heterocycles. The Kier molecular flexibility index (Phi) is 3.66. The largest absolute Gasteiger partial charge is 0.492 e. The van der Waals surface area contributed by atoms with E-state index in [2.05, 4.69) is 11.4 Å². The summed E-state index contributed by atoms with van der Waals surface area (Å²) in [6.07, 6.45) is 1.13. The van der Waals surface area contributed by atoms with Gasteiger partial charge in [0.05, 0.1) is 12.2 Å².